The van der Waals surface area contributed by atoms with Crippen LogP contribution in [-0.4, -0.2) is 38.6 Å². The minimum atomic E-state index is -0.896. The van der Waals surface area contributed by atoms with Crippen molar-refractivity contribution in [1.29, 1.82) is 0 Å². The van der Waals surface area contributed by atoms with Gasteiger partial charge >= 0.3 is 5.97 Å². The van der Waals surface area contributed by atoms with Crippen molar-refractivity contribution in [1.82, 2.24) is 15.0 Å². The highest BCUT2D eigenvalue weighted by Gasteiger charge is 2.16. The predicted octanol–water partition coefficient (Wildman–Crippen LogP) is 2.81. The van der Waals surface area contributed by atoms with Gasteiger partial charge in [0, 0.05) is 5.69 Å². The van der Waals surface area contributed by atoms with E-state index < -0.39 is 18.0 Å². The number of esters is 1. The van der Waals surface area contributed by atoms with Crippen LogP contribution in [0.4, 0.5) is 5.69 Å². The van der Waals surface area contributed by atoms with Gasteiger partial charge in [0.1, 0.15) is 11.9 Å². The quantitative estimate of drug-likeness (QED) is 0.420. The number of ether oxygens (including phenoxy) is 1. The molecule has 0 radical (unpaired) electrons. The van der Waals surface area contributed by atoms with Crippen LogP contribution in [0.15, 0.2) is 53.3 Å². The Bertz CT molecular complexity index is 934. The molecular weight excluding hydrogens is 376 g/mol. The largest absolute Gasteiger partial charge is 0.467 e. The van der Waals surface area contributed by atoms with Crippen molar-refractivity contribution in [2.75, 3.05) is 11.9 Å². The monoisotopic (exact) mass is 398 g/mol. The first kappa shape index (κ1) is 20.3. The van der Waals surface area contributed by atoms with E-state index in [0.29, 0.717) is 23.6 Å². The van der Waals surface area contributed by atoms with Gasteiger partial charge in [-0.25, -0.2) is 9.48 Å². The third kappa shape index (κ3) is 5.52. The van der Waals surface area contributed by atoms with E-state index >= 15 is 0 Å². The smallest absolute Gasteiger partial charge is 0.338 e. The first-order valence-corrected chi connectivity index (χ1v) is 9.27. The standard InChI is InChI=1S/C20H22N4O5/c1-2-3-10-29-20(27)14-6-8-15(9-7-14)21-19(26)16-12-24(23-22-16)13-17(25)18-5-4-11-28-18/h4-9,11-12,17,25H,2-3,10,13H2,1H3,(H,21,26). The molecule has 0 aliphatic heterocycles. The Balaban J connectivity index is 1.55. The molecule has 0 saturated heterocycles. The summed E-state index contributed by atoms with van der Waals surface area (Å²) in [6.07, 6.45) is 3.77. The zero-order valence-corrected chi connectivity index (χ0v) is 15.9. The van der Waals surface area contributed by atoms with E-state index in [1.165, 1.54) is 17.1 Å². The van der Waals surface area contributed by atoms with Gasteiger partial charge < -0.3 is 19.6 Å². The van der Waals surface area contributed by atoms with Crippen LogP contribution < -0.4 is 5.32 Å². The first-order chi connectivity index (χ1) is 14.1. The van der Waals surface area contributed by atoms with Crippen LogP contribution in [0.25, 0.3) is 0 Å². The molecule has 9 heteroatoms. The first-order valence-electron chi connectivity index (χ1n) is 9.27. The highest BCUT2D eigenvalue weighted by atomic mass is 16.5. The third-order valence-electron chi connectivity index (χ3n) is 4.11. The van der Waals surface area contributed by atoms with E-state index in [-0.39, 0.29) is 12.2 Å². The molecule has 3 aromatic rings. The van der Waals surface area contributed by atoms with Crippen LogP contribution in [0.1, 0.15) is 52.5 Å². The fourth-order valence-electron chi connectivity index (χ4n) is 2.52. The number of carbonyl (C=O) groups excluding carboxylic acids is 2. The van der Waals surface area contributed by atoms with E-state index in [9.17, 15) is 14.7 Å². The molecule has 2 heterocycles. The Morgan fingerprint density at radius 2 is 2.07 bits per heavy atom. The van der Waals surface area contributed by atoms with E-state index in [1.807, 2.05) is 6.92 Å². The van der Waals surface area contributed by atoms with Crippen LogP contribution >= 0.6 is 0 Å². The van der Waals surface area contributed by atoms with E-state index in [0.717, 1.165) is 12.8 Å². The maximum absolute atomic E-state index is 12.3. The second-order valence-corrected chi connectivity index (χ2v) is 6.38. The lowest BCUT2D eigenvalue weighted by molar-refractivity contribution is 0.0499. The van der Waals surface area contributed by atoms with Crippen molar-refractivity contribution in [3.05, 3.63) is 65.9 Å². The number of hydrogen-bond acceptors (Lipinski definition) is 7. The summed E-state index contributed by atoms with van der Waals surface area (Å²) in [6, 6.07) is 9.72. The van der Waals surface area contributed by atoms with Gasteiger partial charge in [0.25, 0.3) is 5.91 Å². The lowest BCUT2D eigenvalue weighted by atomic mass is 10.2. The molecule has 1 amide bonds. The molecule has 29 heavy (non-hydrogen) atoms. The number of rotatable bonds is 9. The van der Waals surface area contributed by atoms with E-state index in [4.69, 9.17) is 9.15 Å². The van der Waals surface area contributed by atoms with Crippen LogP contribution in [0.2, 0.25) is 0 Å². The van der Waals surface area contributed by atoms with E-state index in [2.05, 4.69) is 15.6 Å². The number of unbranched alkanes of at least 4 members (excludes halogenated alkanes) is 1. The maximum atomic E-state index is 12.3. The molecule has 2 aromatic heterocycles. The highest BCUT2D eigenvalue weighted by molar-refractivity contribution is 6.02. The van der Waals surface area contributed by atoms with Crippen molar-refractivity contribution in [2.45, 2.75) is 32.4 Å². The number of nitrogens with one attached hydrogen (secondary N) is 1. The summed E-state index contributed by atoms with van der Waals surface area (Å²) < 4.78 is 11.6. The molecule has 0 bridgehead atoms. The normalized spacial score (nSPS) is 11.8. The van der Waals surface area contributed by atoms with Crippen LogP contribution in [0.3, 0.4) is 0 Å². The Labute approximate surface area is 167 Å². The number of benzene rings is 1. The van der Waals surface area contributed by atoms with Crippen molar-refractivity contribution < 1.29 is 23.8 Å². The van der Waals surface area contributed by atoms with Gasteiger partial charge in [0.15, 0.2) is 5.69 Å². The lowest BCUT2D eigenvalue weighted by Crippen LogP contribution is -2.13. The van der Waals surface area contributed by atoms with Crippen molar-refractivity contribution in [3.8, 4) is 0 Å². The minimum absolute atomic E-state index is 0.0969. The van der Waals surface area contributed by atoms with E-state index in [1.54, 1.807) is 36.4 Å². The SMILES string of the molecule is CCCCOC(=O)c1ccc(NC(=O)c2cn(CC(O)c3ccco3)nn2)cc1. The molecule has 3 rings (SSSR count). The Hall–Kier alpha value is -3.46. The molecule has 2 N–H and O–H groups in total. The Morgan fingerprint density at radius 1 is 1.28 bits per heavy atom. The fourth-order valence-corrected chi connectivity index (χ4v) is 2.52. The number of furan rings is 1. The van der Waals surface area contributed by atoms with Gasteiger partial charge in [-0.05, 0) is 42.8 Å². The molecule has 1 atom stereocenters. The fraction of sp³-hybridized carbons (Fsp3) is 0.300. The number of aliphatic hydroxyl groups is 1. The Kier molecular flexibility index (Phi) is 6.75. The van der Waals surface area contributed by atoms with Crippen LogP contribution in [-0.2, 0) is 11.3 Å². The summed E-state index contributed by atoms with van der Waals surface area (Å²) in [5.41, 5.74) is 1.02. The molecule has 0 fully saturated rings. The number of carbonyl (C=O) groups is 2. The van der Waals surface area contributed by atoms with Gasteiger partial charge in [0.05, 0.1) is 31.2 Å². The van der Waals surface area contributed by atoms with Gasteiger partial charge in [-0.15, -0.1) is 5.10 Å². The van der Waals surface area contributed by atoms with Crippen LogP contribution in [0.5, 0.6) is 0 Å². The average Bonchev–Trinajstić information content (AvgIpc) is 3.41. The molecule has 1 aromatic carbocycles. The van der Waals surface area contributed by atoms with Gasteiger partial charge in [0.2, 0.25) is 0 Å². The number of amides is 1. The number of aromatic nitrogens is 3. The minimum Gasteiger partial charge on any atom is -0.467 e. The molecule has 9 nitrogen and oxygen atoms in total. The highest BCUT2D eigenvalue weighted by Crippen LogP contribution is 2.15. The molecular formula is C20H22N4O5. The average molecular weight is 398 g/mol. The van der Waals surface area contributed by atoms with Gasteiger partial charge in [-0.2, -0.15) is 0 Å². The number of aliphatic hydroxyl groups excluding tert-OH is 1. The number of anilines is 1. The third-order valence-corrected chi connectivity index (χ3v) is 4.11. The van der Waals surface area contributed by atoms with Crippen molar-refractivity contribution in [2.24, 2.45) is 0 Å². The number of nitrogens with zero attached hydrogens (tertiary/aromatic N) is 3. The second kappa shape index (κ2) is 9.65. The summed E-state index contributed by atoms with van der Waals surface area (Å²) in [4.78, 5) is 24.2. The van der Waals surface area contributed by atoms with Crippen molar-refractivity contribution >= 4 is 17.6 Å². The van der Waals surface area contributed by atoms with Gasteiger partial charge in [-0.3, -0.25) is 4.79 Å². The topological polar surface area (TPSA) is 119 Å². The molecule has 0 aliphatic carbocycles. The molecule has 0 saturated carbocycles. The molecule has 0 spiro atoms. The summed E-state index contributed by atoms with van der Waals surface area (Å²) in [5, 5.41) is 20.4. The van der Waals surface area contributed by atoms with Crippen LogP contribution in [0, 0.1) is 0 Å². The van der Waals surface area contributed by atoms with Crippen molar-refractivity contribution in [3.63, 3.8) is 0 Å². The maximum Gasteiger partial charge on any atom is 0.338 e. The Morgan fingerprint density at radius 3 is 2.76 bits per heavy atom. The summed E-state index contributed by atoms with van der Waals surface area (Å²) >= 11 is 0. The molecule has 0 aliphatic rings. The molecule has 152 valence electrons. The summed E-state index contributed by atoms with van der Waals surface area (Å²) in [5.74, 6) is -0.448. The zero-order valence-electron chi connectivity index (χ0n) is 15.9. The summed E-state index contributed by atoms with van der Waals surface area (Å²) in [6.45, 7) is 2.51. The van der Waals surface area contributed by atoms with Gasteiger partial charge in [-0.1, -0.05) is 18.6 Å². The predicted molar refractivity (Wildman–Crippen MR) is 103 cm³/mol. The zero-order chi connectivity index (χ0) is 20.6. The molecule has 1 unspecified atom stereocenters. The number of hydrogen-bond donors (Lipinski definition) is 2. The second-order valence-electron chi connectivity index (χ2n) is 6.38. The lowest BCUT2D eigenvalue weighted by Gasteiger charge is -2.07. The summed E-state index contributed by atoms with van der Waals surface area (Å²) in [7, 11) is 0.